The van der Waals surface area contributed by atoms with Crippen molar-refractivity contribution in [1.29, 1.82) is 0 Å². The summed E-state index contributed by atoms with van der Waals surface area (Å²) in [5.41, 5.74) is 4.26. The Morgan fingerprint density at radius 3 is 2.21 bits per heavy atom. The molecule has 1 saturated heterocycles. The number of aryl methyl sites for hydroxylation is 2. The van der Waals surface area contributed by atoms with Crippen molar-refractivity contribution in [3.8, 4) is 11.5 Å². The highest BCUT2D eigenvalue weighted by Crippen LogP contribution is 2.28. The van der Waals surface area contributed by atoms with Gasteiger partial charge in [-0.15, -0.1) is 0 Å². The number of benzene rings is 2. The van der Waals surface area contributed by atoms with Crippen LogP contribution in [-0.4, -0.2) is 56.2 Å². The van der Waals surface area contributed by atoms with Gasteiger partial charge in [0, 0.05) is 38.4 Å². The molecule has 2 amide bonds. The maximum Gasteiger partial charge on any atom is 0.321 e. The monoisotopic (exact) mass is 383 g/mol. The molecule has 28 heavy (non-hydrogen) atoms. The molecular formula is C22H29N3O3. The highest BCUT2D eigenvalue weighted by atomic mass is 16.5. The van der Waals surface area contributed by atoms with Crippen LogP contribution in [0.2, 0.25) is 0 Å². The van der Waals surface area contributed by atoms with Gasteiger partial charge in [0.25, 0.3) is 0 Å². The molecule has 0 radical (unpaired) electrons. The Morgan fingerprint density at radius 1 is 0.964 bits per heavy atom. The highest BCUT2D eigenvalue weighted by molar-refractivity contribution is 5.91. The Balaban J connectivity index is 1.55. The molecule has 0 saturated carbocycles. The molecule has 3 rings (SSSR count). The van der Waals surface area contributed by atoms with Crippen LogP contribution in [0, 0.1) is 13.8 Å². The highest BCUT2D eigenvalue weighted by Gasteiger charge is 2.22. The van der Waals surface area contributed by atoms with E-state index in [0.29, 0.717) is 13.1 Å². The Morgan fingerprint density at radius 2 is 1.61 bits per heavy atom. The molecule has 0 aromatic heterocycles. The van der Waals surface area contributed by atoms with Crippen LogP contribution in [0.25, 0.3) is 0 Å². The second kappa shape index (κ2) is 8.97. The number of carbonyl (C=O) groups is 1. The normalized spacial score (nSPS) is 14.6. The first-order valence-electron chi connectivity index (χ1n) is 9.57. The van der Waals surface area contributed by atoms with E-state index in [1.165, 1.54) is 5.56 Å². The van der Waals surface area contributed by atoms with Gasteiger partial charge in [-0.25, -0.2) is 4.79 Å². The van der Waals surface area contributed by atoms with E-state index in [9.17, 15) is 4.79 Å². The molecule has 1 fully saturated rings. The Hall–Kier alpha value is -2.73. The second-order valence-electron chi connectivity index (χ2n) is 7.15. The molecule has 2 aromatic rings. The zero-order chi connectivity index (χ0) is 20.1. The number of hydrogen-bond acceptors (Lipinski definition) is 4. The van der Waals surface area contributed by atoms with E-state index in [4.69, 9.17) is 9.47 Å². The van der Waals surface area contributed by atoms with Crippen molar-refractivity contribution in [3.63, 3.8) is 0 Å². The van der Waals surface area contributed by atoms with Gasteiger partial charge in [0.15, 0.2) is 11.5 Å². The van der Waals surface area contributed by atoms with Crippen molar-refractivity contribution >= 4 is 11.7 Å². The SMILES string of the molecule is COc1ccc(CN2CCN(C(=O)Nc3c(C)cccc3C)CC2)cc1OC. The van der Waals surface area contributed by atoms with Crippen LogP contribution in [-0.2, 0) is 6.54 Å². The number of hydrogen-bond donors (Lipinski definition) is 1. The molecule has 0 atom stereocenters. The average Bonchev–Trinajstić information content (AvgIpc) is 2.71. The van der Waals surface area contributed by atoms with Gasteiger partial charge < -0.3 is 19.7 Å². The number of methoxy groups -OCH3 is 2. The van der Waals surface area contributed by atoms with Crippen molar-refractivity contribution in [2.45, 2.75) is 20.4 Å². The molecule has 0 unspecified atom stereocenters. The fraction of sp³-hybridized carbons (Fsp3) is 0.409. The number of piperazine rings is 1. The molecule has 1 heterocycles. The topological polar surface area (TPSA) is 54.0 Å². The van der Waals surface area contributed by atoms with Gasteiger partial charge in [-0.2, -0.15) is 0 Å². The van der Waals surface area contributed by atoms with Gasteiger partial charge in [-0.05, 0) is 42.7 Å². The van der Waals surface area contributed by atoms with E-state index in [1.807, 2.05) is 49.1 Å². The molecular weight excluding hydrogens is 354 g/mol. The molecule has 150 valence electrons. The molecule has 6 heteroatoms. The largest absolute Gasteiger partial charge is 0.493 e. The number of anilines is 1. The molecule has 2 aromatic carbocycles. The van der Waals surface area contributed by atoms with Crippen molar-refractivity contribution in [2.75, 3.05) is 45.7 Å². The van der Waals surface area contributed by atoms with Crippen LogP contribution in [0.1, 0.15) is 16.7 Å². The molecule has 1 N–H and O–H groups in total. The second-order valence-corrected chi connectivity index (χ2v) is 7.15. The van der Waals surface area contributed by atoms with E-state index in [2.05, 4.69) is 16.3 Å². The minimum Gasteiger partial charge on any atom is -0.493 e. The summed E-state index contributed by atoms with van der Waals surface area (Å²) in [6.45, 7) is 7.97. The van der Waals surface area contributed by atoms with Gasteiger partial charge in [-0.3, -0.25) is 4.90 Å². The fourth-order valence-electron chi connectivity index (χ4n) is 3.54. The van der Waals surface area contributed by atoms with Crippen molar-refractivity contribution in [3.05, 3.63) is 53.1 Å². The van der Waals surface area contributed by atoms with E-state index in [1.54, 1.807) is 14.2 Å². The molecule has 1 aliphatic rings. The predicted molar refractivity (Wildman–Crippen MR) is 111 cm³/mol. The minimum absolute atomic E-state index is 0.0248. The zero-order valence-electron chi connectivity index (χ0n) is 17.1. The third-order valence-corrected chi connectivity index (χ3v) is 5.23. The number of nitrogens with zero attached hydrogens (tertiary/aromatic N) is 2. The van der Waals surface area contributed by atoms with Gasteiger partial charge in [0.2, 0.25) is 0 Å². The lowest BCUT2D eigenvalue weighted by atomic mass is 10.1. The number of para-hydroxylation sites is 1. The lowest BCUT2D eigenvalue weighted by Gasteiger charge is -2.35. The first kappa shape index (κ1) is 20.0. The first-order chi connectivity index (χ1) is 13.5. The minimum atomic E-state index is -0.0248. The van der Waals surface area contributed by atoms with Gasteiger partial charge in [0.1, 0.15) is 0 Å². The van der Waals surface area contributed by atoms with Crippen molar-refractivity contribution < 1.29 is 14.3 Å². The van der Waals surface area contributed by atoms with E-state index in [0.717, 1.165) is 47.9 Å². The van der Waals surface area contributed by atoms with Crippen molar-refractivity contribution in [1.82, 2.24) is 9.80 Å². The fourth-order valence-corrected chi connectivity index (χ4v) is 3.54. The number of carbonyl (C=O) groups excluding carboxylic acids is 1. The van der Waals surface area contributed by atoms with Gasteiger partial charge in [0.05, 0.1) is 14.2 Å². The van der Waals surface area contributed by atoms with Gasteiger partial charge in [-0.1, -0.05) is 24.3 Å². The van der Waals surface area contributed by atoms with Gasteiger partial charge >= 0.3 is 6.03 Å². The van der Waals surface area contributed by atoms with Crippen molar-refractivity contribution in [2.24, 2.45) is 0 Å². The third-order valence-electron chi connectivity index (χ3n) is 5.23. The standard InChI is InChI=1S/C22H29N3O3/c1-16-6-5-7-17(2)21(16)23-22(26)25-12-10-24(11-13-25)15-18-8-9-19(27-3)20(14-18)28-4/h5-9,14H,10-13,15H2,1-4H3,(H,23,26). The molecule has 0 bridgehead atoms. The predicted octanol–water partition coefficient (Wildman–Crippen LogP) is 3.67. The van der Waals surface area contributed by atoms with Crippen LogP contribution >= 0.6 is 0 Å². The van der Waals surface area contributed by atoms with Crippen LogP contribution in [0.4, 0.5) is 10.5 Å². The maximum atomic E-state index is 12.7. The third kappa shape index (κ3) is 4.57. The summed E-state index contributed by atoms with van der Waals surface area (Å²) >= 11 is 0. The molecule has 0 spiro atoms. The molecule has 1 aliphatic heterocycles. The van der Waals surface area contributed by atoms with E-state index in [-0.39, 0.29) is 6.03 Å². The van der Waals surface area contributed by atoms with Crippen LogP contribution < -0.4 is 14.8 Å². The summed E-state index contributed by atoms with van der Waals surface area (Å²) in [5, 5.41) is 3.08. The lowest BCUT2D eigenvalue weighted by molar-refractivity contribution is 0.143. The van der Waals surface area contributed by atoms with E-state index < -0.39 is 0 Å². The number of ether oxygens (including phenoxy) is 2. The Bertz CT molecular complexity index is 810. The lowest BCUT2D eigenvalue weighted by Crippen LogP contribution is -2.49. The zero-order valence-corrected chi connectivity index (χ0v) is 17.1. The summed E-state index contributed by atoms with van der Waals surface area (Å²) in [6, 6.07) is 12.0. The number of nitrogens with one attached hydrogen (secondary N) is 1. The number of rotatable bonds is 5. The summed E-state index contributed by atoms with van der Waals surface area (Å²) in [7, 11) is 3.29. The quantitative estimate of drug-likeness (QED) is 0.856. The Kier molecular flexibility index (Phi) is 6.41. The van der Waals surface area contributed by atoms with Crippen LogP contribution in [0.3, 0.4) is 0 Å². The number of amides is 2. The molecule has 0 aliphatic carbocycles. The van der Waals surface area contributed by atoms with Crippen LogP contribution in [0.15, 0.2) is 36.4 Å². The summed E-state index contributed by atoms with van der Waals surface area (Å²) < 4.78 is 10.7. The first-order valence-corrected chi connectivity index (χ1v) is 9.57. The van der Waals surface area contributed by atoms with Crippen LogP contribution in [0.5, 0.6) is 11.5 Å². The van der Waals surface area contributed by atoms with E-state index >= 15 is 0 Å². The smallest absolute Gasteiger partial charge is 0.321 e. The molecule has 6 nitrogen and oxygen atoms in total. The Labute approximate surface area is 167 Å². The average molecular weight is 383 g/mol. The summed E-state index contributed by atoms with van der Waals surface area (Å²) in [5.74, 6) is 1.48. The summed E-state index contributed by atoms with van der Waals surface area (Å²) in [4.78, 5) is 16.9. The summed E-state index contributed by atoms with van der Waals surface area (Å²) in [6.07, 6.45) is 0. The maximum absolute atomic E-state index is 12.7. The number of urea groups is 1.